The molecule has 0 bridgehead atoms. The fourth-order valence-corrected chi connectivity index (χ4v) is 2.01. The molecule has 0 fully saturated rings. The molecule has 0 saturated carbocycles. The SMILES string of the molecule is CCc1c(F)c(F)c(OC(=O)c2cccc(Cl)c2)c(F)c1F. The van der Waals surface area contributed by atoms with Gasteiger partial charge in [0, 0.05) is 10.6 Å². The summed E-state index contributed by atoms with van der Waals surface area (Å²) in [6.07, 6.45) is -0.256. The Kier molecular flexibility index (Phi) is 4.71. The third kappa shape index (κ3) is 2.92. The first kappa shape index (κ1) is 16.3. The van der Waals surface area contributed by atoms with Gasteiger partial charge in [0.1, 0.15) is 0 Å². The molecule has 0 unspecified atom stereocenters. The maximum atomic E-state index is 13.8. The minimum absolute atomic E-state index is 0.119. The molecule has 0 aromatic heterocycles. The highest BCUT2D eigenvalue weighted by atomic mass is 35.5. The number of esters is 1. The van der Waals surface area contributed by atoms with Crippen LogP contribution in [0.15, 0.2) is 24.3 Å². The van der Waals surface area contributed by atoms with E-state index < -0.39 is 40.6 Å². The molecule has 7 heteroatoms. The van der Waals surface area contributed by atoms with E-state index >= 15 is 0 Å². The lowest BCUT2D eigenvalue weighted by Gasteiger charge is -2.11. The number of carbonyl (C=O) groups is 1. The van der Waals surface area contributed by atoms with Crippen molar-refractivity contribution in [1.82, 2.24) is 0 Å². The van der Waals surface area contributed by atoms with Crippen molar-refractivity contribution >= 4 is 17.6 Å². The van der Waals surface area contributed by atoms with Crippen LogP contribution in [0, 0.1) is 23.3 Å². The first-order valence-electron chi connectivity index (χ1n) is 6.19. The first-order valence-corrected chi connectivity index (χ1v) is 6.57. The van der Waals surface area contributed by atoms with E-state index in [2.05, 4.69) is 4.74 Å². The van der Waals surface area contributed by atoms with Crippen molar-refractivity contribution in [2.24, 2.45) is 0 Å². The van der Waals surface area contributed by atoms with Crippen molar-refractivity contribution < 1.29 is 27.1 Å². The van der Waals surface area contributed by atoms with E-state index in [1.807, 2.05) is 0 Å². The van der Waals surface area contributed by atoms with E-state index in [1.165, 1.54) is 31.2 Å². The molecule has 2 rings (SSSR count). The van der Waals surface area contributed by atoms with E-state index in [-0.39, 0.29) is 17.0 Å². The second-order valence-corrected chi connectivity index (χ2v) is 4.75. The zero-order valence-corrected chi connectivity index (χ0v) is 12.0. The predicted molar refractivity (Wildman–Crippen MR) is 72.1 cm³/mol. The highest BCUT2D eigenvalue weighted by molar-refractivity contribution is 6.30. The Hall–Kier alpha value is -2.08. The van der Waals surface area contributed by atoms with E-state index in [4.69, 9.17) is 11.6 Å². The molecule has 0 N–H and O–H groups in total. The Morgan fingerprint density at radius 1 is 1.09 bits per heavy atom. The molecule has 0 radical (unpaired) electrons. The smallest absolute Gasteiger partial charge is 0.343 e. The van der Waals surface area contributed by atoms with Crippen molar-refractivity contribution in [3.05, 3.63) is 63.7 Å². The highest BCUT2D eigenvalue weighted by Crippen LogP contribution is 2.31. The Balaban J connectivity index is 2.44. The van der Waals surface area contributed by atoms with Gasteiger partial charge in [0.05, 0.1) is 5.56 Å². The summed E-state index contributed by atoms with van der Waals surface area (Å²) in [7, 11) is 0. The lowest BCUT2D eigenvalue weighted by atomic mass is 10.1. The van der Waals surface area contributed by atoms with Gasteiger partial charge in [-0.05, 0) is 24.6 Å². The van der Waals surface area contributed by atoms with Crippen LogP contribution in [0.25, 0.3) is 0 Å². The average molecular weight is 333 g/mol. The van der Waals surface area contributed by atoms with Gasteiger partial charge in [0.25, 0.3) is 0 Å². The lowest BCUT2D eigenvalue weighted by Crippen LogP contribution is -2.14. The molecule has 0 atom stereocenters. The largest absolute Gasteiger partial charge is 0.416 e. The van der Waals surface area contributed by atoms with Gasteiger partial charge in [-0.15, -0.1) is 0 Å². The van der Waals surface area contributed by atoms with Crippen molar-refractivity contribution in [3.63, 3.8) is 0 Å². The van der Waals surface area contributed by atoms with Gasteiger partial charge < -0.3 is 4.74 Å². The van der Waals surface area contributed by atoms with Crippen LogP contribution in [-0.4, -0.2) is 5.97 Å². The normalized spacial score (nSPS) is 10.6. The van der Waals surface area contributed by atoms with Gasteiger partial charge in [-0.1, -0.05) is 24.6 Å². The van der Waals surface area contributed by atoms with Crippen molar-refractivity contribution in [1.29, 1.82) is 0 Å². The maximum absolute atomic E-state index is 13.8. The van der Waals surface area contributed by atoms with Crippen LogP contribution in [0.3, 0.4) is 0 Å². The summed E-state index contributed by atoms with van der Waals surface area (Å²) in [5.41, 5.74) is -0.871. The standard InChI is InChI=1S/C15H9ClF4O2/c1-2-9-10(17)12(19)14(13(20)11(9)18)22-15(21)7-4-3-5-8(16)6-7/h3-6H,2H2,1H3. The summed E-state index contributed by atoms with van der Waals surface area (Å²) in [6, 6.07) is 5.34. The number of rotatable bonds is 3. The molecule has 22 heavy (non-hydrogen) atoms. The minimum Gasteiger partial charge on any atom is -0.416 e. The summed E-state index contributed by atoms with van der Waals surface area (Å²) in [5.74, 6) is -9.30. The molecule has 0 aliphatic rings. The van der Waals surface area contributed by atoms with Crippen LogP contribution in [0.1, 0.15) is 22.8 Å². The summed E-state index contributed by atoms with van der Waals surface area (Å²) in [6.45, 7) is 1.33. The quantitative estimate of drug-likeness (QED) is 0.353. The minimum atomic E-state index is -1.76. The van der Waals surface area contributed by atoms with E-state index in [0.29, 0.717) is 0 Å². The van der Waals surface area contributed by atoms with E-state index in [0.717, 1.165) is 0 Å². The van der Waals surface area contributed by atoms with Crippen LogP contribution in [0.4, 0.5) is 17.6 Å². The van der Waals surface area contributed by atoms with Crippen molar-refractivity contribution in [2.75, 3.05) is 0 Å². The number of hydrogen-bond donors (Lipinski definition) is 0. The molecular formula is C15H9ClF4O2. The molecule has 0 aliphatic heterocycles. The van der Waals surface area contributed by atoms with Gasteiger partial charge in [-0.25, -0.2) is 13.6 Å². The third-order valence-electron chi connectivity index (χ3n) is 2.92. The second kappa shape index (κ2) is 6.36. The van der Waals surface area contributed by atoms with E-state index in [9.17, 15) is 22.4 Å². The van der Waals surface area contributed by atoms with E-state index in [1.54, 1.807) is 0 Å². The van der Waals surface area contributed by atoms with Crippen LogP contribution < -0.4 is 4.74 Å². The summed E-state index contributed by atoms with van der Waals surface area (Å²) in [5, 5.41) is 0.189. The Labute approximate surface area is 128 Å². The average Bonchev–Trinajstić information content (AvgIpc) is 2.50. The molecule has 2 aromatic rings. The van der Waals surface area contributed by atoms with Gasteiger partial charge in [0.15, 0.2) is 11.6 Å². The van der Waals surface area contributed by atoms with Crippen molar-refractivity contribution in [2.45, 2.75) is 13.3 Å². The third-order valence-corrected chi connectivity index (χ3v) is 3.16. The van der Waals surface area contributed by atoms with Crippen LogP contribution in [0.5, 0.6) is 5.75 Å². The molecule has 2 nitrogen and oxygen atoms in total. The molecule has 0 amide bonds. The molecule has 0 saturated heterocycles. The Bertz CT molecular complexity index is 718. The van der Waals surface area contributed by atoms with Gasteiger partial charge in [-0.3, -0.25) is 0 Å². The van der Waals surface area contributed by atoms with Crippen LogP contribution in [-0.2, 0) is 6.42 Å². The number of carbonyl (C=O) groups excluding carboxylic acids is 1. The van der Waals surface area contributed by atoms with Crippen LogP contribution >= 0.6 is 11.6 Å². The van der Waals surface area contributed by atoms with Crippen molar-refractivity contribution in [3.8, 4) is 5.75 Å². The topological polar surface area (TPSA) is 26.3 Å². The Morgan fingerprint density at radius 2 is 1.68 bits per heavy atom. The summed E-state index contributed by atoms with van der Waals surface area (Å²) < 4.78 is 59.2. The molecule has 2 aromatic carbocycles. The lowest BCUT2D eigenvalue weighted by molar-refractivity contribution is 0.0717. The zero-order valence-electron chi connectivity index (χ0n) is 11.2. The number of hydrogen-bond acceptors (Lipinski definition) is 2. The van der Waals surface area contributed by atoms with Gasteiger partial charge in [0.2, 0.25) is 17.4 Å². The highest BCUT2D eigenvalue weighted by Gasteiger charge is 2.27. The molecule has 0 aliphatic carbocycles. The first-order chi connectivity index (χ1) is 10.4. The molecule has 0 spiro atoms. The fourth-order valence-electron chi connectivity index (χ4n) is 1.82. The molecular weight excluding hydrogens is 324 g/mol. The Morgan fingerprint density at radius 3 is 2.18 bits per heavy atom. The fraction of sp³-hybridized carbons (Fsp3) is 0.133. The monoisotopic (exact) mass is 332 g/mol. The molecule has 116 valence electrons. The summed E-state index contributed by atoms with van der Waals surface area (Å²) >= 11 is 5.67. The van der Waals surface area contributed by atoms with Crippen LogP contribution in [0.2, 0.25) is 5.02 Å². The van der Waals surface area contributed by atoms with Gasteiger partial charge in [-0.2, -0.15) is 8.78 Å². The number of ether oxygens (including phenoxy) is 1. The number of halogens is 5. The number of benzene rings is 2. The second-order valence-electron chi connectivity index (χ2n) is 4.32. The summed E-state index contributed by atoms with van der Waals surface area (Å²) in [4.78, 5) is 11.8. The van der Waals surface area contributed by atoms with Gasteiger partial charge >= 0.3 is 5.97 Å². The predicted octanol–water partition coefficient (Wildman–Crippen LogP) is 4.68. The molecule has 0 heterocycles. The zero-order chi connectivity index (χ0) is 16.4. The maximum Gasteiger partial charge on any atom is 0.343 e.